The Labute approximate surface area is 200 Å². The van der Waals surface area contributed by atoms with Crippen LogP contribution in [0.4, 0.5) is 4.39 Å². The Morgan fingerprint density at radius 2 is 1.56 bits per heavy atom. The molecular formula is C28H31FN2O3. The molecule has 2 amide bonds. The normalized spacial score (nSPS) is 11.7. The molecule has 0 aromatic heterocycles. The van der Waals surface area contributed by atoms with Crippen LogP contribution in [0.25, 0.3) is 0 Å². The molecule has 3 aromatic carbocycles. The van der Waals surface area contributed by atoms with Gasteiger partial charge in [-0.05, 0) is 56.2 Å². The number of carbonyl (C=O) groups excluding carboxylic acids is 2. The van der Waals surface area contributed by atoms with Gasteiger partial charge in [-0.3, -0.25) is 9.59 Å². The molecule has 0 spiro atoms. The lowest BCUT2D eigenvalue weighted by atomic mass is 10.0. The van der Waals surface area contributed by atoms with Crippen LogP contribution in [0, 0.1) is 12.7 Å². The van der Waals surface area contributed by atoms with Gasteiger partial charge in [0.1, 0.15) is 17.6 Å². The van der Waals surface area contributed by atoms with E-state index in [4.69, 9.17) is 4.74 Å². The van der Waals surface area contributed by atoms with Crippen molar-refractivity contribution in [2.24, 2.45) is 0 Å². The summed E-state index contributed by atoms with van der Waals surface area (Å²) in [5.41, 5.74) is 2.74. The minimum atomic E-state index is -0.760. The smallest absolute Gasteiger partial charge is 0.261 e. The van der Waals surface area contributed by atoms with E-state index >= 15 is 0 Å². The third kappa shape index (κ3) is 7.44. The molecule has 0 radical (unpaired) electrons. The van der Waals surface area contributed by atoms with Crippen LogP contribution in [0.2, 0.25) is 0 Å². The zero-order valence-electron chi connectivity index (χ0n) is 19.8. The molecule has 0 aliphatic heterocycles. The number of ether oxygens (including phenoxy) is 1. The van der Waals surface area contributed by atoms with Gasteiger partial charge in [0, 0.05) is 19.0 Å². The topological polar surface area (TPSA) is 58.6 Å². The van der Waals surface area contributed by atoms with Crippen molar-refractivity contribution in [2.45, 2.75) is 45.8 Å². The van der Waals surface area contributed by atoms with E-state index in [0.717, 1.165) is 16.7 Å². The summed E-state index contributed by atoms with van der Waals surface area (Å²) in [6, 6.07) is 22.1. The molecule has 6 heteroatoms. The molecule has 0 heterocycles. The Kier molecular flexibility index (Phi) is 8.79. The van der Waals surface area contributed by atoms with E-state index < -0.39 is 6.04 Å². The molecule has 1 N–H and O–H groups in total. The molecule has 0 bridgehead atoms. The molecule has 0 fully saturated rings. The number of halogens is 1. The Morgan fingerprint density at radius 1 is 0.912 bits per heavy atom. The molecule has 3 aromatic rings. The fraction of sp³-hybridized carbons (Fsp3) is 0.286. The van der Waals surface area contributed by atoms with E-state index in [-0.39, 0.29) is 36.8 Å². The van der Waals surface area contributed by atoms with E-state index in [1.54, 1.807) is 24.3 Å². The summed E-state index contributed by atoms with van der Waals surface area (Å²) in [6.45, 7) is 5.67. The number of amides is 2. The van der Waals surface area contributed by atoms with E-state index in [9.17, 15) is 14.0 Å². The van der Waals surface area contributed by atoms with Crippen molar-refractivity contribution < 1.29 is 18.7 Å². The summed E-state index contributed by atoms with van der Waals surface area (Å²) in [6.07, 6.45) is 0.344. The van der Waals surface area contributed by atoms with Gasteiger partial charge in [0.2, 0.25) is 5.91 Å². The van der Waals surface area contributed by atoms with Gasteiger partial charge in [0.25, 0.3) is 5.91 Å². The SMILES string of the molecule is Cc1ccc(OCC(=O)N(Cc2ccc(F)cc2)[C@@H](Cc2ccccc2)C(=O)NC(C)C)cc1. The molecule has 0 unspecified atom stereocenters. The van der Waals surface area contributed by atoms with Crippen LogP contribution in [-0.4, -0.2) is 35.4 Å². The number of benzene rings is 3. The van der Waals surface area contributed by atoms with Crippen LogP contribution < -0.4 is 10.1 Å². The van der Waals surface area contributed by atoms with Crippen LogP contribution in [0.5, 0.6) is 5.75 Å². The Morgan fingerprint density at radius 3 is 2.18 bits per heavy atom. The van der Waals surface area contributed by atoms with Crippen LogP contribution >= 0.6 is 0 Å². The minimum absolute atomic E-state index is 0.0858. The highest BCUT2D eigenvalue weighted by Crippen LogP contribution is 2.17. The largest absolute Gasteiger partial charge is 0.484 e. The number of carbonyl (C=O) groups is 2. The molecule has 0 aliphatic rings. The lowest BCUT2D eigenvalue weighted by molar-refractivity contribution is -0.143. The van der Waals surface area contributed by atoms with Gasteiger partial charge in [0.05, 0.1) is 0 Å². The maximum atomic E-state index is 13.5. The highest BCUT2D eigenvalue weighted by Gasteiger charge is 2.31. The van der Waals surface area contributed by atoms with E-state index in [0.29, 0.717) is 12.2 Å². The summed E-state index contributed by atoms with van der Waals surface area (Å²) in [5, 5.41) is 2.94. The van der Waals surface area contributed by atoms with E-state index in [2.05, 4.69) is 5.32 Å². The number of hydrogen-bond acceptors (Lipinski definition) is 3. The zero-order valence-corrected chi connectivity index (χ0v) is 19.8. The maximum absolute atomic E-state index is 13.5. The first-order chi connectivity index (χ1) is 16.3. The van der Waals surface area contributed by atoms with Gasteiger partial charge in [-0.15, -0.1) is 0 Å². The highest BCUT2D eigenvalue weighted by molar-refractivity contribution is 5.88. The van der Waals surface area contributed by atoms with Crippen molar-refractivity contribution in [3.05, 3.63) is 101 Å². The summed E-state index contributed by atoms with van der Waals surface area (Å²) < 4.78 is 19.2. The molecule has 0 saturated heterocycles. The van der Waals surface area contributed by atoms with Crippen molar-refractivity contribution in [1.82, 2.24) is 10.2 Å². The number of nitrogens with one attached hydrogen (secondary N) is 1. The summed E-state index contributed by atoms with van der Waals surface area (Å²) in [7, 11) is 0. The Balaban J connectivity index is 1.89. The molecule has 34 heavy (non-hydrogen) atoms. The van der Waals surface area contributed by atoms with Crippen LogP contribution in [0.1, 0.15) is 30.5 Å². The average Bonchev–Trinajstić information content (AvgIpc) is 2.82. The second kappa shape index (κ2) is 12.0. The number of aryl methyl sites for hydroxylation is 1. The fourth-order valence-corrected chi connectivity index (χ4v) is 3.58. The van der Waals surface area contributed by atoms with Crippen molar-refractivity contribution in [3.8, 4) is 5.75 Å². The van der Waals surface area contributed by atoms with E-state index in [1.807, 2.05) is 63.2 Å². The molecule has 3 rings (SSSR count). The number of rotatable bonds is 10. The van der Waals surface area contributed by atoms with Crippen molar-refractivity contribution >= 4 is 11.8 Å². The molecule has 178 valence electrons. The van der Waals surface area contributed by atoms with E-state index in [1.165, 1.54) is 17.0 Å². The third-order valence-corrected chi connectivity index (χ3v) is 5.35. The average molecular weight is 463 g/mol. The van der Waals surface area contributed by atoms with Crippen LogP contribution in [0.3, 0.4) is 0 Å². The number of nitrogens with zero attached hydrogens (tertiary/aromatic N) is 1. The lowest BCUT2D eigenvalue weighted by Crippen LogP contribution is -2.52. The Hall–Kier alpha value is -3.67. The molecule has 0 saturated carbocycles. The summed E-state index contributed by atoms with van der Waals surface area (Å²) >= 11 is 0. The first-order valence-corrected chi connectivity index (χ1v) is 11.4. The van der Waals surface area contributed by atoms with Crippen molar-refractivity contribution in [1.29, 1.82) is 0 Å². The lowest BCUT2D eigenvalue weighted by Gasteiger charge is -2.32. The second-order valence-corrected chi connectivity index (χ2v) is 8.62. The summed E-state index contributed by atoms with van der Waals surface area (Å²) in [5.74, 6) is -0.357. The predicted octanol–water partition coefficient (Wildman–Crippen LogP) is 4.68. The second-order valence-electron chi connectivity index (χ2n) is 8.62. The Bertz CT molecular complexity index is 1070. The fourth-order valence-electron chi connectivity index (χ4n) is 3.58. The quantitative estimate of drug-likeness (QED) is 0.476. The first kappa shape index (κ1) is 25.0. The van der Waals surface area contributed by atoms with Crippen LogP contribution in [0.15, 0.2) is 78.9 Å². The molecule has 1 atom stereocenters. The van der Waals surface area contributed by atoms with Gasteiger partial charge in [-0.2, -0.15) is 0 Å². The first-order valence-electron chi connectivity index (χ1n) is 11.4. The zero-order chi connectivity index (χ0) is 24.5. The van der Waals surface area contributed by atoms with Gasteiger partial charge in [-0.25, -0.2) is 4.39 Å². The van der Waals surface area contributed by atoms with Gasteiger partial charge in [0.15, 0.2) is 6.61 Å². The summed E-state index contributed by atoms with van der Waals surface area (Å²) in [4.78, 5) is 28.2. The maximum Gasteiger partial charge on any atom is 0.261 e. The number of hydrogen-bond donors (Lipinski definition) is 1. The minimum Gasteiger partial charge on any atom is -0.484 e. The van der Waals surface area contributed by atoms with Gasteiger partial charge >= 0.3 is 0 Å². The molecule has 5 nitrogen and oxygen atoms in total. The van der Waals surface area contributed by atoms with Crippen molar-refractivity contribution in [2.75, 3.05) is 6.61 Å². The molecular weight excluding hydrogens is 431 g/mol. The third-order valence-electron chi connectivity index (χ3n) is 5.35. The monoisotopic (exact) mass is 462 g/mol. The van der Waals surface area contributed by atoms with Gasteiger partial charge in [-0.1, -0.05) is 60.2 Å². The molecule has 0 aliphatic carbocycles. The standard InChI is InChI=1S/C28H31FN2O3/c1-20(2)30-28(33)26(17-22-7-5-4-6-8-22)31(18-23-11-13-24(29)14-12-23)27(32)19-34-25-15-9-21(3)10-16-25/h4-16,20,26H,17-19H2,1-3H3,(H,30,33)/t26-/m0/s1. The highest BCUT2D eigenvalue weighted by atomic mass is 19.1. The van der Waals surface area contributed by atoms with Crippen molar-refractivity contribution in [3.63, 3.8) is 0 Å². The van der Waals surface area contributed by atoms with Crippen LogP contribution in [-0.2, 0) is 22.6 Å². The van der Waals surface area contributed by atoms with Gasteiger partial charge < -0.3 is 15.0 Å². The predicted molar refractivity (Wildman–Crippen MR) is 131 cm³/mol.